The molecule has 0 aliphatic heterocycles. The van der Waals surface area contributed by atoms with E-state index in [0.717, 1.165) is 11.1 Å². The minimum Gasteiger partial charge on any atom is -0.370 e. The molecule has 1 aromatic rings. The van der Waals surface area contributed by atoms with Crippen molar-refractivity contribution in [1.29, 1.82) is 0 Å². The van der Waals surface area contributed by atoms with Gasteiger partial charge in [0.1, 0.15) is 0 Å². The third-order valence-electron chi connectivity index (χ3n) is 2.26. The van der Waals surface area contributed by atoms with Gasteiger partial charge in [-0.3, -0.25) is 0 Å². The molecule has 0 aliphatic carbocycles. The topological polar surface area (TPSA) is 50.4 Å². The number of nitrogens with one attached hydrogen (secondary N) is 1. The van der Waals surface area contributed by atoms with Gasteiger partial charge in [0, 0.05) is 16.6 Å². The predicted octanol–water partition coefficient (Wildman–Crippen LogP) is 3.63. The number of hydrogen-bond donors (Lipinski definition) is 2. The van der Waals surface area contributed by atoms with Gasteiger partial charge >= 0.3 is 0 Å². The SMILES string of the molecule is C=C(C)CN=C(N)NCCc1c(Cl)cccc1Cl.I. The molecule has 3 N–H and O–H groups in total. The summed E-state index contributed by atoms with van der Waals surface area (Å²) in [4.78, 5) is 4.12. The summed E-state index contributed by atoms with van der Waals surface area (Å²) in [5.74, 6) is 0.404. The largest absolute Gasteiger partial charge is 0.370 e. The molecule has 0 aromatic heterocycles. The molecule has 0 aliphatic rings. The summed E-state index contributed by atoms with van der Waals surface area (Å²) in [5, 5.41) is 4.35. The van der Waals surface area contributed by atoms with Crippen LogP contribution in [0.2, 0.25) is 10.0 Å². The van der Waals surface area contributed by atoms with Crippen molar-refractivity contribution in [2.24, 2.45) is 10.7 Å². The van der Waals surface area contributed by atoms with E-state index in [9.17, 15) is 0 Å². The highest BCUT2D eigenvalue weighted by molar-refractivity contribution is 14.0. The van der Waals surface area contributed by atoms with Gasteiger partial charge in [0.25, 0.3) is 0 Å². The Morgan fingerprint density at radius 1 is 1.37 bits per heavy atom. The fourth-order valence-corrected chi connectivity index (χ4v) is 1.95. The number of nitrogens with zero attached hydrogens (tertiary/aromatic N) is 1. The molecule has 0 saturated carbocycles. The van der Waals surface area contributed by atoms with Gasteiger partial charge in [-0.15, -0.1) is 24.0 Å². The van der Waals surface area contributed by atoms with Gasteiger partial charge in [-0.2, -0.15) is 0 Å². The summed E-state index contributed by atoms with van der Waals surface area (Å²) in [5.41, 5.74) is 7.58. The summed E-state index contributed by atoms with van der Waals surface area (Å²) in [6, 6.07) is 5.47. The van der Waals surface area contributed by atoms with Crippen LogP contribution in [0, 0.1) is 0 Å². The van der Waals surface area contributed by atoms with Gasteiger partial charge in [-0.25, -0.2) is 4.99 Å². The smallest absolute Gasteiger partial charge is 0.188 e. The number of nitrogens with two attached hydrogens (primary N) is 1. The van der Waals surface area contributed by atoms with Gasteiger partial charge in [-0.1, -0.05) is 41.4 Å². The van der Waals surface area contributed by atoms with Gasteiger partial charge < -0.3 is 11.1 Å². The zero-order chi connectivity index (χ0) is 13.5. The molecule has 1 aromatic carbocycles. The van der Waals surface area contributed by atoms with Crippen LogP contribution in [0.1, 0.15) is 12.5 Å². The van der Waals surface area contributed by atoms with Crippen LogP contribution >= 0.6 is 47.2 Å². The Kier molecular flexibility index (Phi) is 9.22. The average molecular weight is 414 g/mol. The van der Waals surface area contributed by atoms with Crippen molar-refractivity contribution in [3.63, 3.8) is 0 Å². The molecule has 3 nitrogen and oxygen atoms in total. The summed E-state index contributed by atoms with van der Waals surface area (Å²) in [6.45, 7) is 6.82. The van der Waals surface area contributed by atoms with Gasteiger partial charge in [0.2, 0.25) is 0 Å². The standard InChI is InChI=1S/C13H17Cl2N3.HI/c1-9(2)8-18-13(16)17-7-6-10-11(14)4-3-5-12(10)15;/h3-5H,1,6-8H2,2H3,(H3,16,17,18);1H. The monoisotopic (exact) mass is 413 g/mol. The average Bonchev–Trinajstić information content (AvgIpc) is 2.30. The predicted molar refractivity (Wildman–Crippen MR) is 94.9 cm³/mol. The Balaban J connectivity index is 0.00000324. The second-order valence-electron chi connectivity index (χ2n) is 4.04. The molecule has 0 saturated heterocycles. The van der Waals surface area contributed by atoms with E-state index in [-0.39, 0.29) is 24.0 Å². The lowest BCUT2D eigenvalue weighted by Gasteiger charge is -2.08. The number of aliphatic imine (C=N–C) groups is 1. The van der Waals surface area contributed by atoms with E-state index in [0.29, 0.717) is 35.5 Å². The van der Waals surface area contributed by atoms with E-state index in [1.54, 1.807) is 0 Å². The Morgan fingerprint density at radius 2 is 1.95 bits per heavy atom. The van der Waals surface area contributed by atoms with Crippen molar-refractivity contribution in [3.05, 3.63) is 46.0 Å². The Labute approximate surface area is 141 Å². The van der Waals surface area contributed by atoms with Gasteiger partial charge in [-0.05, 0) is 31.0 Å². The third kappa shape index (κ3) is 7.03. The van der Waals surface area contributed by atoms with Crippen LogP contribution in [0.3, 0.4) is 0 Å². The van der Waals surface area contributed by atoms with Crippen molar-refractivity contribution in [1.82, 2.24) is 5.32 Å². The van der Waals surface area contributed by atoms with Crippen LogP contribution in [0.25, 0.3) is 0 Å². The van der Waals surface area contributed by atoms with Crippen LogP contribution in [0.4, 0.5) is 0 Å². The van der Waals surface area contributed by atoms with E-state index in [1.165, 1.54) is 0 Å². The molecule has 0 amide bonds. The maximum atomic E-state index is 6.06. The Hall–Kier alpha value is -0.460. The molecular formula is C13H18Cl2IN3. The molecule has 0 heterocycles. The second kappa shape index (κ2) is 9.44. The lowest BCUT2D eigenvalue weighted by molar-refractivity contribution is 0.852. The van der Waals surface area contributed by atoms with Crippen molar-refractivity contribution in [2.45, 2.75) is 13.3 Å². The van der Waals surface area contributed by atoms with E-state index < -0.39 is 0 Å². The lowest BCUT2D eigenvalue weighted by atomic mass is 10.1. The number of guanidine groups is 1. The zero-order valence-corrected chi connectivity index (χ0v) is 14.6. The molecule has 1 rings (SSSR count). The summed E-state index contributed by atoms with van der Waals surface area (Å²) >= 11 is 12.1. The lowest BCUT2D eigenvalue weighted by Crippen LogP contribution is -2.33. The number of hydrogen-bond acceptors (Lipinski definition) is 1. The minimum absolute atomic E-state index is 0. The summed E-state index contributed by atoms with van der Waals surface area (Å²) < 4.78 is 0. The fraction of sp³-hybridized carbons (Fsp3) is 0.308. The van der Waals surface area contributed by atoms with E-state index in [1.807, 2.05) is 25.1 Å². The molecule has 0 unspecified atom stereocenters. The van der Waals surface area contributed by atoms with Gasteiger partial charge in [0.15, 0.2) is 5.96 Å². The number of halogens is 3. The van der Waals surface area contributed by atoms with Crippen molar-refractivity contribution in [3.8, 4) is 0 Å². The maximum absolute atomic E-state index is 6.06. The quantitative estimate of drug-likeness (QED) is 0.335. The third-order valence-corrected chi connectivity index (χ3v) is 2.97. The van der Waals surface area contributed by atoms with Crippen molar-refractivity contribution >= 4 is 53.1 Å². The zero-order valence-electron chi connectivity index (χ0n) is 10.7. The normalized spacial score (nSPS) is 10.8. The van der Waals surface area contributed by atoms with Crippen molar-refractivity contribution < 1.29 is 0 Å². The molecular weight excluding hydrogens is 396 g/mol. The highest BCUT2D eigenvalue weighted by Crippen LogP contribution is 2.24. The first kappa shape index (κ1) is 18.5. The van der Waals surface area contributed by atoms with Crippen LogP contribution in [-0.2, 0) is 6.42 Å². The molecule has 0 atom stereocenters. The van der Waals surface area contributed by atoms with Gasteiger partial charge in [0.05, 0.1) is 6.54 Å². The van der Waals surface area contributed by atoms with Crippen LogP contribution in [-0.4, -0.2) is 19.0 Å². The summed E-state index contributed by atoms with van der Waals surface area (Å²) in [6.07, 6.45) is 0.696. The van der Waals surface area contributed by atoms with Crippen LogP contribution in [0.5, 0.6) is 0 Å². The molecule has 6 heteroatoms. The van der Waals surface area contributed by atoms with Crippen LogP contribution in [0.15, 0.2) is 35.3 Å². The van der Waals surface area contributed by atoms with Crippen LogP contribution < -0.4 is 11.1 Å². The highest BCUT2D eigenvalue weighted by atomic mass is 127. The summed E-state index contributed by atoms with van der Waals surface area (Å²) in [7, 11) is 0. The van der Waals surface area contributed by atoms with E-state index in [2.05, 4.69) is 16.9 Å². The Morgan fingerprint density at radius 3 is 2.47 bits per heavy atom. The molecule has 0 bridgehead atoms. The second-order valence-corrected chi connectivity index (χ2v) is 4.85. The first-order valence-corrected chi connectivity index (χ1v) is 6.37. The molecule has 0 fully saturated rings. The molecule has 0 radical (unpaired) electrons. The first-order chi connectivity index (χ1) is 8.50. The fourth-order valence-electron chi connectivity index (χ4n) is 1.36. The Bertz CT molecular complexity index is 441. The minimum atomic E-state index is 0. The molecule has 106 valence electrons. The first-order valence-electron chi connectivity index (χ1n) is 5.61. The van der Waals surface area contributed by atoms with E-state index in [4.69, 9.17) is 28.9 Å². The molecule has 0 spiro atoms. The van der Waals surface area contributed by atoms with Crippen molar-refractivity contribution in [2.75, 3.05) is 13.1 Å². The van der Waals surface area contributed by atoms with E-state index >= 15 is 0 Å². The maximum Gasteiger partial charge on any atom is 0.188 e. The number of benzene rings is 1. The highest BCUT2D eigenvalue weighted by Gasteiger charge is 2.04. The molecule has 19 heavy (non-hydrogen) atoms. The number of rotatable bonds is 5.